The Morgan fingerprint density at radius 1 is 1.25 bits per heavy atom. The number of ether oxygens (including phenoxy) is 1. The van der Waals surface area contributed by atoms with Crippen LogP contribution in [0, 0.1) is 11.3 Å². The van der Waals surface area contributed by atoms with Crippen molar-refractivity contribution in [2.45, 2.75) is 19.4 Å². The number of nitriles is 1. The molecule has 3 nitrogen and oxygen atoms in total. The smallest absolute Gasteiger partial charge is 0.122 e. The summed E-state index contributed by atoms with van der Waals surface area (Å²) in [5, 5.41) is 12.5. The van der Waals surface area contributed by atoms with Crippen molar-refractivity contribution >= 4 is 5.69 Å². The molecular formula is C17H16N2O. The van der Waals surface area contributed by atoms with Gasteiger partial charge in [0, 0.05) is 12.5 Å². The maximum Gasteiger partial charge on any atom is 0.122 e. The second-order valence-corrected chi connectivity index (χ2v) is 4.99. The van der Waals surface area contributed by atoms with Gasteiger partial charge in [-0.3, -0.25) is 0 Å². The summed E-state index contributed by atoms with van der Waals surface area (Å²) in [4.78, 5) is 0. The molecule has 0 aromatic heterocycles. The summed E-state index contributed by atoms with van der Waals surface area (Å²) in [5.41, 5.74) is 4.02. The molecule has 0 saturated heterocycles. The Hall–Kier alpha value is -2.47. The van der Waals surface area contributed by atoms with Crippen molar-refractivity contribution < 1.29 is 4.74 Å². The molecule has 2 aromatic carbocycles. The summed E-state index contributed by atoms with van der Waals surface area (Å²) in [6, 6.07) is 16.2. The zero-order chi connectivity index (χ0) is 13.9. The van der Waals surface area contributed by atoms with E-state index in [1.54, 1.807) is 0 Å². The van der Waals surface area contributed by atoms with Gasteiger partial charge in [0.1, 0.15) is 11.8 Å². The third-order valence-corrected chi connectivity index (χ3v) is 3.63. The van der Waals surface area contributed by atoms with Crippen molar-refractivity contribution in [3.05, 3.63) is 59.2 Å². The highest BCUT2D eigenvalue weighted by molar-refractivity contribution is 5.58. The molecule has 0 saturated carbocycles. The van der Waals surface area contributed by atoms with Gasteiger partial charge < -0.3 is 10.1 Å². The minimum Gasteiger partial charge on any atom is -0.493 e. The van der Waals surface area contributed by atoms with Gasteiger partial charge in [0.25, 0.3) is 0 Å². The fourth-order valence-electron chi connectivity index (χ4n) is 2.50. The molecule has 0 bridgehead atoms. The van der Waals surface area contributed by atoms with Gasteiger partial charge in [-0.05, 0) is 42.3 Å². The number of para-hydroxylation sites is 1. The zero-order valence-corrected chi connectivity index (χ0v) is 11.4. The van der Waals surface area contributed by atoms with E-state index >= 15 is 0 Å². The molecule has 20 heavy (non-hydrogen) atoms. The average molecular weight is 264 g/mol. The summed E-state index contributed by atoms with van der Waals surface area (Å²) >= 11 is 0. The molecule has 1 N–H and O–H groups in total. The van der Waals surface area contributed by atoms with Crippen molar-refractivity contribution in [2.24, 2.45) is 0 Å². The zero-order valence-electron chi connectivity index (χ0n) is 11.4. The van der Waals surface area contributed by atoms with E-state index in [2.05, 4.69) is 30.4 Å². The second kappa shape index (κ2) is 5.26. The van der Waals surface area contributed by atoms with Gasteiger partial charge in [-0.25, -0.2) is 0 Å². The van der Waals surface area contributed by atoms with Crippen molar-refractivity contribution in [1.82, 2.24) is 0 Å². The van der Waals surface area contributed by atoms with Crippen LogP contribution in [0.15, 0.2) is 42.5 Å². The van der Waals surface area contributed by atoms with Crippen molar-refractivity contribution in [2.75, 3.05) is 11.9 Å². The van der Waals surface area contributed by atoms with Crippen LogP contribution in [0.3, 0.4) is 0 Å². The number of benzene rings is 2. The number of rotatable bonds is 3. The fraction of sp³-hybridized carbons (Fsp3) is 0.235. The van der Waals surface area contributed by atoms with Crippen LogP contribution < -0.4 is 10.1 Å². The lowest BCUT2D eigenvalue weighted by Gasteiger charge is -2.17. The van der Waals surface area contributed by atoms with Gasteiger partial charge in [0.05, 0.1) is 17.9 Å². The quantitative estimate of drug-likeness (QED) is 0.920. The van der Waals surface area contributed by atoms with Crippen molar-refractivity contribution in [1.29, 1.82) is 5.26 Å². The predicted molar refractivity (Wildman–Crippen MR) is 78.8 cm³/mol. The van der Waals surface area contributed by atoms with Crippen LogP contribution >= 0.6 is 0 Å². The molecule has 1 unspecified atom stereocenters. The monoisotopic (exact) mass is 264 g/mol. The summed E-state index contributed by atoms with van der Waals surface area (Å²) < 4.78 is 5.52. The van der Waals surface area contributed by atoms with Gasteiger partial charge in [0.2, 0.25) is 0 Å². The Labute approximate surface area is 118 Å². The maximum atomic E-state index is 9.12. The highest BCUT2D eigenvalue weighted by Crippen LogP contribution is 2.29. The molecule has 1 heterocycles. The first kappa shape index (κ1) is 12.6. The highest BCUT2D eigenvalue weighted by atomic mass is 16.5. The molecule has 1 aliphatic rings. The van der Waals surface area contributed by atoms with E-state index in [-0.39, 0.29) is 6.04 Å². The van der Waals surface area contributed by atoms with E-state index in [0.717, 1.165) is 24.5 Å². The largest absolute Gasteiger partial charge is 0.493 e. The molecule has 0 aliphatic carbocycles. The standard InChI is InChI=1S/C17H16N2O/c1-12(19-16-5-3-2-4-15(16)11-18)13-6-7-17-14(10-13)8-9-20-17/h2-7,10,12,19H,8-9H2,1H3. The molecule has 3 rings (SSSR count). The Morgan fingerprint density at radius 2 is 2.10 bits per heavy atom. The minimum atomic E-state index is 0.149. The maximum absolute atomic E-state index is 9.12. The predicted octanol–water partition coefficient (Wildman–Crippen LogP) is 3.67. The molecule has 2 aromatic rings. The fourth-order valence-corrected chi connectivity index (χ4v) is 2.50. The minimum absolute atomic E-state index is 0.149. The Balaban J connectivity index is 1.83. The van der Waals surface area contributed by atoms with Crippen LogP contribution in [0.4, 0.5) is 5.69 Å². The summed E-state index contributed by atoms with van der Waals surface area (Å²) in [6.07, 6.45) is 0.977. The molecule has 0 radical (unpaired) electrons. The third kappa shape index (κ3) is 2.33. The van der Waals surface area contributed by atoms with E-state index in [9.17, 15) is 0 Å². The summed E-state index contributed by atoms with van der Waals surface area (Å²) in [7, 11) is 0. The lowest BCUT2D eigenvalue weighted by atomic mass is 10.0. The topological polar surface area (TPSA) is 45.0 Å². The number of hydrogen-bond donors (Lipinski definition) is 1. The van der Waals surface area contributed by atoms with Gasteiger partial charge in [-0.1, -0.05) is 18.2 Å². The molecule has 1 atom stereocenters. The summed E-state index contributed by atoms with van der Waals surface area (Å²) in [6.45, 7) is 2.88. The van der Waals surface area contributed by atoms with Crippen LogP contribution in [0.25, 0.3) is 0 Å². The number of anilines is 1. The number of hydrogen-bond acceptors (Lipinski definition) is 3. The highest BCUT2D eigenvalue weighted by Gasteiger charge is 2.15. The molecule has 3 heteroatoms. The Bertz CT molecular complexity index is 673. The SMILES string of the molecule is CC(Nc1ccccc1C#N)c1ccc2c(c1)CCO2. The van der Waals surface area contributed by atoms with Crippen LogP contribution in [0.2, 0.25) is 0 Å². The molecule has 0 spiro atoms. The van der Waals surface area contributed by atoms with Crippen molar-refractivity contribution in [3.8, 4) is 11.8 Å². The molecule has 100 valence electrons. The molecular weight excluding hydrogens is 248 g/mol. The van der Waals surface area contributed by atoms with E-state index in [0.29, 0.717) is 5.56 Å². The summed E-state index contributed by atoms with van der Waals surface area (Å²) in [5.74, 6) is 0.998. The van der Waals surface area contributed by atoms with Gasteiger partial charge in [-0.2, -0.15) is 5.26 Å². The van der Waals surface area contributed by atoms with Gasteiger partial charge in [0.15, 0.2) is 0 Å². The van der Waals surface area contributed by atoms with Crippen LogP contribution in [0.5, 0.6) is 5.75 Å². The third-order valence-electron chi connectivity index (χ3n) is 3.63. The van der Waals surface area contributed by atoms with Gasteiger partial charge >= 0.3 is 0 Å². The average Bonchev–Trinajstić information content (AvgIpc) is 2.95. The van der Waals surface area contributed by atoms with E-state index in [1.165, 1.54) is 11.1 Å². The van der Waals surface area contributed by atoms with E-state index < -0.39 is 0 Å². The van der Waals surface area contributed by atoms with E-state index in [4.69, 9.17) is 10.00 Å². The normalized spacial score (nSPS) is 14.0. The lowest BCUT2D eigenvalue weighted by Crippen LogP contribution is -2.08. The van der Waals surface area contributed by atoms with Crippen LogP contribution in [-0.2, 0) is 6.42 Å². The number of fused-ring (bicyclic) bond motifs is 1. The molecule has 0 amide bonds. The molecule has 0 fully saturated rings. The van der Waals surface area contributed by atoms with Crippen LogP contribution in [0.1, 0.15) is 29.7 Å². The van der Waals surface area contributed by atoms with Crippen molar-refractivity contribution in [3.63, 3.8) is 0 Å². The van der Waals surface area contributed by atoms with Crippen LogP contribution in [-0.4, -0.2) is 6.61 Å². The molecule has 1 aliphatic heterocycles. The second-order valence-electron chi connectivity index (χ2n) is 4.99. The first-order valence-electron chi connectivity index (χ1n) is 6.79. The first-order valence-corrected chi connectivity index (χ1v) is 6.79. The Kier molecular flexibility index (Phi) is 3.30. The van der Waals surface area contributed by atoms with Gasteiger partial charge in [-0.15, -0.1) is 0 Å². The number of nitrogens with zero attached hydrogens (tertiary/aromatic N) is 1. The first-order chi connectivity index (χ1) is 9.78. The Morgan fingerprint density at radius 3 is 2.95 bits per heavy atom. The lowest BCUT2D eigenvalue weighted by molar-refractivity contribution is 0.357. The van der Waals surface area contributed by atoms with E-state index in [1.807, 2.05) is 30.3 Å². The number of nitrogens with one attached hydrogen (secondary N) is 1.